The van der Waals surface area contributed by atoms with E-state index in [0.717, 1.165) is 5.56 Å². The Hall–Kier alpha value is -2.21. The molecule has 2 aromatic rings. The number of rotatable bonds is 5. The Bertz CT molecular complexity index is 637. The van der Waals surface area contributed by atoms with Crippen LogP contribution < -0.4 is 10.1 Å². The number of ether oxygens (including phenoxy) is 1. The van der Waals surface area contributed by atoms with E-state index in [-0.39, 0.29) is 11.7 Å². The Balaban J connectivity index is 2.03. The van der Waals surface area contributed by atoms with Crippen molar-refractivity contribution in [2.45, 2.75) is 13.5 Å². The molecule has 0 spiro atoms. The first kappa shape index (κ1) is 14.2. The summed E-state index contributed by atoms with van der Waals surface area (Å²) >= 11 is 1.19. The molecule has 0 radical (unpaired) electrons. The molecule has 0 aliphatic carbocycles. The van der Waals surface area contributed by atoms with Crippen LogP contribution in [0.2, 0.25) is 0 Å². The Morgan fingerprint density at radius 3 is 2.70 bits per heavy atom. The third-order valence-corrected chi connectivity index (χ3v) is 3.84. The number of thiophene rings is 1. The summed E-state index contributed by atoms with van der Waals surface area (Å²) in [4.78, 5) is 28.3. The summed E-state index contributed by atoms with van der Waals surface area (Å²) < 4.78 is 5.11. The molecule has 6 heteroatoms. The summed E-state index contributed by atoms with van der Waals surface area (Å²) in [5, 5.41) is 2.78. The summed E-state index contributed by atoms with van der Waals surface area (Å²) in [6, 6.07) is 6.92. The minimum absolute atomic E-state index is 0.0389. The van der Waals surface area contributed by atoms with Crippen molar-refractivity contribution in [3.63, 3.8) is 0 Å². The molecule has 5 nitrogen and oxygen atoms in total. The zero-order valence-corrected chi connectivity index (χ0v) is 12.0. The van der Waals surface area contributed by atoms with Crippen molar-refractivity contribution in [3.8, 4) is 5.88 Å². The molecule has 20 heavy (non-hydrogen) atoms. The zero-order chi connectivity index (χ0) is 14.5. The van der Waals surface area contributed by atoms with Crippen LogP contribution in [0.5, 0.6) is 5.88 Å². The van der Waals surface area contributed by atoms with E-state index in [4.69, 9.17) is 4.74 Å². The van der Waals surface area contributed by atoms with Crippen molar-refractivity contribution in [2.75, 3.05) is 7.11 Å². The van der Waals surface area contributed by atoms with Gasteiger partial charge in [0.15, 0.2) is 5.78 Å². The lowest BCUT2D eigenvalue weighted by atomic mass is 10.2. The van der Waals surface area contributed by atoms with Crippen LogP contribution in [-0.4, -0.2) is 23.8 Å². The molecule has 1 amide bonds. The topological polar surface area (TPSA) is 68.3 Å². The maximum Gasteiger partial charge on any atom is 0.261 e. The molecule has 2 heterocycles. The number of nitrogens with one attached hydrogen (secondary N) is 1. The fraction of sp³-hybridized carbons (Fsp3) is 0.214. The first-order chi connectivity index (χ1) is 9.61. The predicted molar refractivity (Wildman–Crippen MR) is 76.3 cm³/mol. The van der Waals surface area contributed by atoms with Crippen molar-refractivity contribution in [2.24, 2.45) is 0 Å². The minimum Gasteiger partial charge on any atom is -0.481 e. The Labute approximate surface area is 120 Å². The van der Waals surface area contributed by atoms with E-state index >= 15 is 0 Å². The summed E-state index contributed by atoms with van der Waals surface area (Å²) in [6.45, 7) is 1.80. The second kappa shape index (κ2) is 6.29. The molecular formula is C14H14N2O3S. The van der Waals surface area contributed by atoms with Gasteiger partial charge in [0.2, 0.25) is 5.88 Å². The number of Topliss-reactive ketones (excluding diaryl/α,β-unsaturated/α-hetero) is 1. The van der Waals surface area contributed by atoms with E-state index in [0.29, 0.717) is 22.2 Å². The standard InChI is InChI=1S/C14H14N2O3S/c1-9(17)11-5-6-12(20-11)13(18)16-8-10-4-3-7-15-14(10)19-2/h3-7H,8H2,1-2H3,(H,16,18). The van der Waals surface area contributed by atoms with Crippen LogP contribution in [0.3, 0.4) is 0 Å². The number of hydrogen-bond donors (Lipinski definition) is 1. The quantitative estimate of drug-likeness (QED) is 0.858. The molecule has 0 bridgehead atoms. The number of carbonyl (C=O) groups is 2. The van der Waals surface area contributed by atoms with E-state index in [1.54, 1.807) is 24.4 Å². The Morgan fingerprint density at radius 1 is 1.30 bits per heavy atom. The van der Waals surface area contributed by atoms with Crippen molar-refractivity contribution >= 4 is 23.0 Å². The van der Waals surface area contributed by atoms with Gasteiger partial charge in [0.25, 0.3) is 5.91 Å². The van der Waals surface area contributed by atoms with Crippen LogP contribution in [-0.2, 0) is 6.54 Å². The average Bonchev–Trinajstić information content (AvgIpc) is 2.95. The van der Waals surface area contributed by atoms with E-state index < -0.39 is 0 Å². The second-order valence-corrected chi connectivity index (χ2v) is 5.16. The van der Waals surface area contributed by atoms with Gasteiger partial charge in [-0.25, -0.2) is 4.98 Å². The first-order valence-corrected chi connectivity index (χ1v) is 6.80. The normalized spacial score (nSPS) is 10.1. The zero-order valence-electron chi connectivity index (χ0n) is 11.2. The molecule has 0 unspecified atom stereocenters. The molecule has 104 valence electrons. The molecule has 1 N–H and O–H groups in total. The highest BCUT2D eigenvalue weighted by molar-refractivity contribution is 7.15. The number of amides is 1. The lowest BCUT2D eigenvalue weighted by Crippen LogP contribution is -2.22. The van der Waals surface area contributed by atoms with Crippen molar-refractivity contribution in [1.82, 2.24) is 10.3 Å². The summed E-state index contributed by atoms with van der Waals surface area (Å²) in [5.74, 6) is 0.236. The fourth-order valence-electron chi connectivity index (χ4n) is 1.65. The maximum absolute atomic E-state index is 12.0. The number of hydrogen-bond acceptors (Lipinski definition) is 5. The van der Waals surface area contributed by atoms with Gasteiger partial charge in [0.05, 0.1) is 16.9 Å². The number of carbonyl (C=O) groups excluding carboxylic acids is 2. The highest BCUT2D eigenvalue weighted by atomic mass is 32.1. The number of aromatic nitrogens is 1. The van der Waals surface area contributed by atoms with Gasteiger partial charge in [0, 0.05) is 18.3 Å². The maximum atomic E-state index is 12.0. The SMILES string of the molecule is COc1ncccc1CNC(=O)c1ccc(C(C)=O)s1. The van der Waals surface area contributed by atoms with Gasteiger partial charge >= 0.3 is 0 Å². The van der Waals surface area contributed by atoms with Crippen molar-refractivity contribution < 1.29 is 14.3 Å². The van der Waals surface area contributed by atoms with Crippen LogP contribution in [0.15, 0.2) is 30.5 Å². The molecule has 0 aliphatic heterocycles. The van der Waals surface area contributed by atoms with E-state index in [2.05, 4.69) is 10.3 Å². The van der Waals surface area contributed by atoms with Crippen molar-refractivity contribution in [3.05, 3.63) is 45.8 Å². The van der Waals surface area contributed by atoms with E-state index in [9.17, 15) is 9.59 Å². The lowest BCUT2D eigenvalue weighted by Gasteiger charge is -2.07. The van der Waals surface area contributed by atoms with Crippen molar-refractivity contribution in [1.29, 1.82) is 0 Å². The van der Waals surface area contributed by atoms with Gasteiger partial charge in [0.1, 0.15) is 0 Å². The van der Waals surface area contributed by atoms with E-state index in [1.807, 2.05) is 6.07 Å². The van der Waals surface area contributed by atoms with Gasteiger partial charge in [-0.3, -0.25) is 9.59 Å². The number of nitrogens with zero attached hydrogens (tertiary/aromatic N) is 1. The van der Waals surface area contributed by atoms with Crippen LogP contribution in [0, 0.1) is 0 Å². The van der Waals surface area contributed by atoms with Crippen LogP contribution >= 0.6 is 11.3 Å². The lowest BCUT2D eigenvalue weighted by molar-refractivity contribution is 0.0954. The highest BCUT2D eigenvalue weighted by Gasteiger charge is 2.12. The molecule has 0 saturated carbocycles. The fourth-order valence-corrected chi connectivity index (χ4v) is 2.47. The second-order valence-electron chi connectivity index (χ2n) is 4.07. The largest absolute Gasteiger partial charge is 0.481 e. The van der Waals surface area contributed by atoms with Gasteiger partial charge < -0.3 is 10.1 Å². The van der Waals surface area contributed by atoms with Gasteiger partial charge in [-0.1, -0.05) is 6.07 Å². The van der Waals surface area contributed by atoms with Crippen LogP contribution in [0.25, 0.3) is 0 Å². The number of ketones is 1. The number of pyridine rings is 1. The van der Waals surface area contributed by atoms with Crippen LogP contribution in [0.1, 0.15) is 31.8 Å². The Kier molecular flexibility index (Phi) is 4.47. The molecule has 0 saturated heterocycles. The molecule has 2 rings (SSSR count). The molecular weight excluding hydrogens is 276 g/mol. The van der Waals surface area contributed by atoms with Gasteiger partial charge in [-0.15, -0.1) is 11.3 Å². The minimum atomic E-state index is -0.214. The average molecular weight is 290 g/mol. The molecule has 0 aliphatic rings. The third-order valence-electron chi connectivity index (χ3n) is 2.66. The third kappa shape index (κ3) is 3.21. The molecule has 0 aromatic carbocycles. The predicted octanol–water partition coefficient (Wildman–Crippen LogP) is 2.28. The summed E-state index contributed by atoms with van der Waals surface area (Å²) in [6.07, 6.45) is 1.63. The first-order valence-electron chi connectivity index (χ1n) is 5.98. The number of methoxy groups -OCH3 is 1. The highest BCUT2D eigenvalue weighted by Crippen LogP contribution is 2.18. The molecule has 0 atom stereocenters. The summed E-state index contributed by atoms with van der Waals surface area (Å²) in [7, 11) is 1.53. The van der Waals surface area contributed by atoms with Gasteiger partial charge in [-0.2, -0.15) is 0 Å². The smallest absolute Gasteiger partial charge is 0.261 e. The van der Waals surface area contributed by atoms with Gasteiger partial charge in [-0.05, 0) is 25.1 Å². The van der Waals surface area contributed by atoms with Crippen LogP contribution in [0.4, 0.5) is 0 Å². The monoisotopic (exact) mass is 290 g/mol. The Morgan fingerprint density at radius 2 is 2.05 bits per heavy atom. The van der Waals surface area contributed by atoms with E-state index in [1.165, 1.54) is 25.4 Å². The molecule has 0 fully saturated rings. The summed E-state index contributed by atoms with van der Waals surface area (Å²) in [5.41, 5.74) is 0.798. The molecule has 2 aromatic heterocycles.